The monoisotopic (exact) mass is 462 g/mol. The number of esters is 1. The molecular formula is C26H20ClFN2O3. The molecule has 3 aromatic carbocycles. The van der Waals surface area contributed by atoms with E-state index in [2.05, 4.69) is 5.10 Å². The summed E-state index contributed by atoms with van der Waals surface area (Å²) in [4.78, 5) is 26.5. The zero-order valence-corrected chi connectivity index (χ0v) is 18.6. The number of aromatic nitrogens is 2. The predicted molar refractivity (Wildman–Crippen MR) is 126 cm³/mol. The molecule has 0 atom stereocenters. The molecular weight excluding hydrogens is 443 g/mol. The van der Waals surface area contributed by atoms with Crippen molar-refractivity contribution in [1.29, 1.82) is 0 Å². The Bertz CT molecular complexity index is 1340. The minimum absolute atomic E-state index is 0.0919. The Kier molecular flexibility index (Phi) is 6.66. The van der Waals surface area contributed by atoms with E-state index in [9.17, 15) is 14.0 Å². The molecule has 4 rings (SSSR count). The summed E-state index contributed by atoms with van der Waals surface area (Å²) < 4.78 is 20.8. The van der Waals surface area contributed by atoms with E-state index >= 15 is 0 Å². The largest absolute Gasteiger partial charge is 0.462 e. The second-order valence-corrected chi connectivity index (χ2v) is 7.62. The van der Waals surface area contributed by atoms with Gasteiger partial charge < -0.3 is 4.74 Å². The Morgan fingerprint density at radius 1 is 0.970 bits per heavy atom. The van der Waals surface area contributed by atoms with Crippen LogP contribution in [0.3, 0.4) is 0 Å². The summed E-state index contributed by atoms with van der Waals surface area (Å²) in [5.41, 5.74) is 1.35. The van der Waals surface area contributed by atoms with Crippen LogP contribution in [0.1, 0.15) is 22.8 Å². The average molecular weight is 463 g/mol. The smallest absolute Gasteiger partial charge is 0.344 e. The van der Waals surface area contributed by atoms with E-state index in [1.165, 1.54) is 18.2 Å². The standard InChI is InChI=1S/C26H20ClFN2O3/c1-2-33-26(32)23-22(17-10-5-3-6-11-17)24(18-12-7-4-8-13-18)29-30(25(23)31)16-19-20(27)14-9-15-21(19)28/h3-15H,2,16H2,1H3. The van der Waals surface area contributed by atoms with Gasteiger partial charge in [0.2, 0.25) is 0 Å². The van der Waals surface area contributed by atoms with Crippen molar-refractivity contribution in [2.45, 2.75) is 13.5 Å². The molecule has 0 bridgehead atoms. The molecule has 0 amide bonds. The number of carbonyl (C=O) groups is 1. The van der Waals surface area contributed by atoms with Crippen molar-refractivity contribution in [2.75, 3.05) is 6.61 Å². The molecule has 5 nitrogen and oxygen atoms in total. The first-order valence-corrected chi connectivity index (χ1v) is 10.7. The molecule has 0 fully saturated rings. The summed E-state index contributed by atoms with van der Waals surface area (Å²) >= 11 is 6.19. The van der Waals surface area contributed by atoms with Gasteiger partial charge in [-0.3, -0.25) is 4.79 Å². The molecule has 0 spiro atoms. The van der Waals surface area contributed by atoms with E-state index in [1.54, 1.807) is 19.1 Å². The molecule has 166 valence electrons. The lowest BCUT2D eigenvalue weighted by molar-refractivity contribution is 0.0524. The molecule has 0 saturated heterocycles. The summed E-state index contributed by atoms with van der Waals surface area (Å²) in [6.45, 7) is 1.51. The van der Waals surface area contributed by atoms with Crippen LogP contribution < -0.4 is 5.56 Å². The molecule has 0 aliphatic rings. The van der Waals surface area contributed by atoms with E-state index < -0.39 is 17.3 Å². The predicted octanol–water partition coefficient (Wildman–Crippen LogP) is 5.59. The lowest BCUT2D eigenvalue weighted by Crippen LogP contribution is -2.32. The van der Waals surface area contributed by atoms with Gasteiger partial charge in [0, 0.05) is 21.7 Å². The summed E-state index contributed by atoms with van der Waals surface area (Å²) in [6, 6.07) is 22.5. The molecule has 0 saturated carbocycles. The molecule has 4 aromatic rings. The summed E-state index contributed by atoms with van der Waals surface area (Å²) in [6.07, 6.45) is 0. The van der Waals surface area contributed by atoms with Gasteiger partial charge >= 0.3 is 5.97 Å². The lowest BCUT2D eigenvalue weighted by atomic mass is 9.95. The third kappa shape index (κ3) is 4.56. The summed E-state index contributed by atoms with van der Waals surface area (Å²) in [7, 11) is 0. The fraction of sp³-hybridized carbons (Fsp3) is 0.115. The highest BCUT2D eigenvalue weighted by Gasteiger charge is 2.26. The highest BCUT2D eigenvalue weighted by atomic mass is 35.5. The van der Waals surface area contributed by atoms with Crippen molar-refractivity contribution >= 4 is 17.6 Å². The Hall–Kier alpha value is -3.77. The van der Waals surface area contributed by atoms with E-state index in [0.717, 1.165) is 4.68 Å². The second kappa shape index (κ2) is 9.79. The second-order valence-electron chi connectivity index (χ2n) is 7.21. The Morgan fingerprint density at radius 3 is 2.21 bits per heavy atom. The third-order valence-corrected chi connectivity index (χ3v) is 5.47. The first kappa shape index (κ1) is 22.4. The molecule has 1 aromatic heterocycles. The molecule has 0 N–H and O–H groups in total. The van der Waals surface area contributed by atoms with Gasteiger partial charge in [0.25, 0.3) is 5.56 Å². The Morgan fingerprint density at radius 2 is 1.61 bits per heavy atom. The van der Waals surface area contributed by atoms with Crippen molar-refractivity contribution in [1.82, 2.24) is 9.78 Å². The number of ether oxygens (including phenoxy) is 1. The topological polar surface area (TPSA) is 61.2 Å². The normalized spacial score (nSPS) is 10.8. The van der Waals surface area contributed by atoms with Gasteiger partial charge in [0.05, 0.1) is 18.8 Å². The maximum atomic E-state index is 14.5. The molecule has 7 heteroatoms. The van der Waals surface area contributed by atoms with Crippen LogP contribution in [0.4, 0.5) is 4.39 Å². The fourth-order valence-corrected chi connectivity index (χ4v) is 3.81. The number of hydrogen-bond donors (Lipinski definition) is 0. The molecule has 0 radical (unpaired) electrons. The van der Waals surface area contributed by atoms with Crippen molar-refractivity contribution in [3.8, 4) is 22.4 Å². The minimum Gasteiger partial charge on any atom is -0.462 e. The van der Waals surface area contributed by atoms with Gasteiger partial charge in [-0.25, -0.2) is 13.9 Å². The number of carbonyl (C=O) groups excluding carboxylic acids is 1. The maximum Gasteiger partial charge on any atom is 0.344 e. The maximum absolute atomic E-state index is 14.5. The van der Waals surface area contributed by atoms with Crippen LogP contribution in [-0.4, -0.2) is 22.4 Å². The number of nitrogens with zero attached hydrogens (tertiary/aromatic N) is 2. The van der Waals surface area contributed by atoms with Crippen molar-refractivity contribution in [3.05, 3.63) is 111 Å². The average Bonchev–Trinajstić information content (AvgIpc) is 2.83. The van der Waals surface area contributed by atoms with Crippen molar-refractivity contribution < 1.29 is 13.9 Å². The van der Waals surface area contributed by atoms with Crippen LogP contribution in [-0.2, 0) is 11.3 Å². The molecule has 0 unspecified atom stereocenters. The lowest BCUT2D eigenvalue weighted by Gasteiger charge is -2.17. The fourth-order valence-electron chi connectivity index (χ4n) is 3.59. The first-order chi connectivity index (χ1) is 16.0. The van der Waals surface area contributed by atoms with Gasteiger partial charge in [0.15, 0.2) is 0 Å². The van der Waals surface area contributed by atoms with E-state index in [-0.39, 0.29) is 29.3 Å². The Balaban J connectivity index is 2.05. The van der Waals surface area contributed by atoms with Gasteiger partial charge in [-0.1, -0.05) is 78.3 Å². The molecule has 33 heavy (non-hydrogen) atoms. The van der Waals surface area contributed by atoms with Gasteiger partial charge in [-0.2, -0.15) is 5.10 Å². The van der Waals surface area contributed by atoms with Crippen LogP contribution in [0.15, 0.2) is 83.7 Å². The summed E-state index contributed by atoms with van der Waals surface area (Å²) in [5, 5.41) is 4.73. The summed E-state index contributed by atoms with van der Waals surface area (Å²) in [5.74, 6) is -1.34. The van der Waals surface area contributed by atoms with E-state index in [4.69, 9.17) is 16.3 Å². The number of hydrogen-bond acceptors (Lipinski definition) is 4. The van der Waals surface area contributed by atoms with Crippen LogP contribution in [0.5, 0.6) is 0 Å². The first-order valence-electron chi connectivity index (χ1n) is 10.4. The van der Waals surface area contributed by atoms with Crippen LogP contribution in [0.2, 0.25) is 5.02 Å². The van der Waals surface area contributed by atoms with Gasteiger partial charge in [-0.15, -0.1) is 0 Å². The quantitative estimate of drug-likeness (QED) is 0.350. The Labute approximate surface area is 195 Å². The van der Waals surface area contributed by atoms with Gasteiger partial charge in [0.1, 0.15) is 11.4 Å². The number of halogens is 2. The van der Waals surface area contributed by atoms with E-state index in [1.807, 2.05) is 48.5 Å². The van der Waals surface area contributed by atoms with Gasteiger partial charge in [-0.05, 0) is 24.6 Å². The van der Waals surface area contributed by atoms with Crippen LogP contribution >= 0.6 is 11.6 Å². The van der Waals surface area contributed by atoms with Crippen molar-refractivity contribution in [3.63, 3.8) is 0 Å². The van der Waals surface area contributed by atoms with Crippen LogP contribution in [0.25, 0.3) is 22.4 Å². The minimum atomic E-state index is -0.769. The van der Waals surface area contributed by atoms with E-state index in [0.29, 0.717) is 22.4 Å². The zero-order chi connectivity index (χ0) is 23.4. The number of benzene rings is 3. The molecule has 0 aliphatic heterocycles. The number of rotatable bonds is 6. The molecule has 1 heterocycles. The molecule has 0 aliphatic carbocycles. The zero-order valence-electron chi connectivity index (χ0n) is 17.8. The SMILES string of the molecule is CCOC(=O)c1c(-c2ccccc2)c(-c2ccccc2)nn(Cc2c(F)cccc2Cl)c1=O. The van der Waals surface area contributed by atoms with Crippen LogP contribution in [0, 0.1) is 5.82 Å². The highest BCUT2D eigenvalue weighted by molar-refractivity contribution is 6.31. The third-order valence-electron chi connectivity index (χ3n) is 5.11. The van der Waals surface area contributed by atoms with Crippen molar-refractivity contribution in [2.24, 2.45) is 0 Å². The highest BCUT2D eigenvalue weighted by Crippen LogP contribution is 2.32.